The van der Waals surface area contributed by atoms with E-state index in [0.717, 1.165) is 55.9 Å². The van der Waals surface area contributed by atoms with Gasteiger partial charge in [0.1, 0.15) is 22.3 Å². The molecule has 316 valence electrons. The highest BCUT2D eigenvalue weighted by atomic mass is 16.3. The number of fused-ring (bicyclic) bond motifs is 19. The molecule has 14 rings (SSSR count). The predicted molar refractivity (Wildman–Crippen MR) is 272 cm³/mol. The smallest absolute Gasteiger partial charge is 0.144 e. The summed E-state index contributed by atoms with van der Waals surface area (Å²) in [6, 6.07) is 57.8. The fourth-order valence-electron chi connectivity index (χ4n) is 12.7. The minimum atomic E-state index is -0.314. The van der Waals surface area contributed by atoms with Crippen molar-refractivity contribution in [2.24, 2.45) is 0 Å². The summed E-state index contributed by atoms with van der Waals surface area (Å²) < 4.78 is 13.7. The van der Waals surface area contributed by atoms with Crippen LogP contribution in [0.5, 0.6) is 0 Å². The standard InChI is InChI=1S/C62H46N2O2/c1-60(2)46-32-37(24-26-40(46)51-48(60)34-44(35-28-30-63-31-29-35)58-53(51)42-19-11-14-22-49(42)65-58)64(36-16-8-7-9-17-36)38-25-27-41-47(33-38)62(5,6)56-52(41)54-43-20-12-15-23-50(43)66-59(54)55-39-18-10-13-21-45(39)61(3,4)57(55)56/h7-34H,1-6H3. The van der Waals surface area contributed by atoms with Gasteiger partial charge in [-0.2, -0.15) is 0 Å². The Bertz CT molecular complexity index is 3900. The number of benzene rings is 8. The predicted octanol–water partition coefficient (Wildman–Crippen LogP) is 16.9. The molecule has 8 aromatic carbocycles. The van der Waals surface area contributed by atoms with Gasteiger partial charge < -0.3 is 13.7 Å². The highest BCUT2D eigenvalue weighted by Gasteiger charge is 2.49. The lowest BCUT2D eigenvalue weighted by Crippen LogP contribution is -2.24. The molecule has 3 aliphatic carbocycles. The number of furan rings is 2. The van der Waals surface area contributed by atoms with Gasteiger partial charge in [0.05, 0.1) is 0 Å². The van der Waals surface area contributed by atoms with E-state index < -0.39 is 0 Å². The number of aromatic nitrogens is 1. The molecular formula is C62H46N2O2. The van der Waals surface area contributed by atoms with Gasteiger partial charge in [0, 0.05) is 78.4 Å². The molecule has 66 heavy (non-hydrogen) atoms. The van der Waals surface area contributed by atoms with Crippen LogP contribution >= 0.6 is 0 Å². The first-order valence-electron chi connectivity index (χ1n) is 23.2. The second-order valence-corrected chi connectivity index (χ2v) is 20.2. The van der Waals surface area contributed by atoms with Gasteiger partial charge in [0.15, 0.2) is 0 Å². The molecule has 4 nitrogen and oxygen atoms in total. The van der Waals surface area contributed by atoms with Gasteiger partial charge in [-0.3, -0.25) is 4.98 Å². The van der Waals surface area contributed by atoms with Crippen LogP contribution in [0.4, 0.5) is 17.1 Å². The molecule has 0 saturated heterocycles. The van der Waals surface area contributed by atoms with Crippen molar-refractivity contribution in [2.45, 2.75) is 57.8 Å². The molecule has 0 unspecified atom stereocenters. The molecular weight excluding hydrogens is 805 g/mol. The quantitative estimate of drug-likeness (QED) is 0.177. The van der Waals surface area contributed by atoms with Gasteiger partial charge in [-0.1, -0.05) is 133 Å². The Kier molecular flexibility index (Phi) is 7.28. The molecule has 0 aliphatic heterocycles. The molecule has 11 aromatic rings. The summed E-state index contributed by atoms with van der Waals surface area (Å²) in [4.78, 5) is 6.80. The van der Waals surface area contributed by atoms with E-state index in [1.807, 2.05) is 12.4 Å². The van der Waals surface area contributed by atoms with Crippen LogP contribution in [0.1, 0.15) is 74.9 Å². The summed E-state index contributed by atoms with van der Waals surface area (Å²) in [5, 5.41) is 4.70. The molecule has 3 heterocycles. The second kappa shape index (κ2) is 12.8. The van der Waals surface area contributed by atoms with E-state index in [1.165, 1.54) is 82.9 Å². The molecule has 0 N–H and O–H groups in total. The zero-order chi connectivity index (χ0) is 44.4. The Morgan fingerprint density at radius 3 is 1.62 bits per heavy atom. The number of para-hydroxylation sites is 3. The summed E-state index contributed by atoms with van der Waals surface area (Å²) in [6.45, 7) is 14.5. The molecule has 0 spiro atoms. The van der Waals surface area contributed by atoms with Crippen molar-refractivity contribution in [3.05, 3.63) is 203 Å². The summed E-state index contributed by atoms with van der Waals surface area (Å²) in [5.74, 6) is 0. The number of hydrogen-bond donors (Lipinski definition) is 0. The maximum atomic E-state index is 6.96. The average molecular weight is 851 g/mol. The number of anilines is 3. The Labute approximate surface area is 383 Å². The number of pyridine rings is 1. The topological polar surface area (TPSA) is 42.4 Å². The third-order valence-corrected chi connectivity index (χ3v) is 15.7. The van der Waals surface area contributed by atoms with Crippen LogP contribution in [0.15, 0.2) is 179 Å². The first-order chi connectivity index (χ1) is 32.0. The average Bonchev–Trinajstić information content (AvgIpc) is 4.09. The Hall–Kier alpha value is -7.69. The van der Waals surface area contributed by atoms with Crippen molar-refractivity contribution >= 4 is 60.9 Å². The number of rotatable bonds is 4. The summed E-state index contributed by atoms with van der Waals surface area (Å²) in [5.41, 5.74) is 24.2. The van der Waals surface area contributed by atoms with Crippen LogP contribution in [0.25, 0.3) is 88.4 Å². The summed E-state index contributed by atoms with van der Waals surface area (Å²) in [7, 11) is 0. The Balaban J connectivity index is 0.984. The van der Waals surface area contributed by atoms with Crippen molar-refractivity contribution in [3.63, 3.8) is 0 Å². The van der Waals surface area contributed by atoms with Gasteiger partial charge >= 0.3 is 0 Å². The lowest BCUT2D eigenvalue weighted by molar-refractivity contribution is 0.600. The number of nitrogens with zero attached hydrogens (tertiary/aromatic N) is 2. The van der Waals surface area contributed by atoms with Gasteiger partial charge in [0.25, 0.3) is 0 Å². The van der Waals surface area contributed by atoms with Gasteiger partial charge in [-0.15, -0.1) is 0 Å². The number of hydrogen-bond acceptors (Lipinski definition) is 4. The first kappa shape index (κ1) is 37.7. The summed E-state index contributed by atoms with van der Waals surface area (Å²) >= 11 is 0. The van der Waals surface area contributed by atoms with E-state index in [-0.39, 0.29) is 16.2 Å². The van der Waals surface area contributed by atoms with Crippen molar-refractivity contribution in [1.29, 1.82) is 0 Å². The van der Waals surface area contributed by atoms with E-state index in [0.29, 0.717) is 0 Å². The minimum Gasteiger partial charge on any atom is -0.455 e. The minimum absolute atomic E-state index is 0.219. The van der Waals surface area contributed by atoms with Gasteiger partial charge in [0.2, 0.25) is 0 Å². The Morgan fingerprint density at radius 1 is 0.394 bits per heavy atom. The maximum Gasteiger partial charge on any atom is 0.144 e. The van der Waals surface area contributed by atoms with Crippen LogP contribution < -0.4 is 4.90 Å². The molecule has 4 heteroatoms. The van der Waals surface area contributed by atoms with Crippen LogP contribution in [-0.4, -0.2) is 4.98 Å². The van der Waals surface area contributed by atoms with Crippen LogP contribution in [0.2, 0.25) is 0 Å². The maximum absolute atomic E-state index is 6.96. The normalized spacial score (nSPS) is 15.5. The van der Waals surface area contributed by atoms with Crippen molar-refractivity contribution in [3.8, 4) is 44.5 Å². The SMILES string of the molecule is CC1(C)c2cc(N(c3ccccc3)c3ccc4c(c3)C(C)(C)c3c5c(c6oc7ccccc7c6c3-4)-c3ccccc3C5(C)C)ccc2-c2c1cc(-c1ccncc1)c1oc3ccccc3c21. The van der Waals surface area contributed by atoms with E-state index in [1.54, 1.807) is 0 Å². The summed E-state index contributed by atoms with van der Waals surface area (Å²) in [6.07, 6.45) is 3.74. The molecule has 0 radical (unpaired) electrons. The van der Waals surface area contributed by atoms with E-state index in [2.05, 4.69) is 209 Å². The third kappa shape index (κ3) is 4.71. The zero-order valence-electron chi connectivity index (χ0n) is 37.9. The van der Waals surface area contributed by atoms with E-state index in [4.69, 9.17) is 8.83 Å². The van der Waals surface area contributed by atoms with Crippen LogP contribution in [-0.2, 0) is 16.2 Å². The lowest BCUT2D eigenvalue weighted by Gasteiger charge is -2.32. The first-order valence-corrected chi connectivity index (χ1v) is 23.2. The monoisotopic (exact) mass is 850 g/mol. The Morgan fingerprint density at radius 2 is 0.924 bits per heavy atom. The molecule has 0 atom stereocenters. The van der Waals surface area contributed by atoms with Crippen LogP contribution in [0, 0.1) is 0 Å². The molecule has 3 aliphatic rings. The highest BCUT2D eigenvalue weighted by molar-refractivity contribution is 6.21. The van der Waals surface area contributed by atoms with Gasteiger partial charge in [-0.25, -0.2) is 0 Å². The zero-order valence-corrected chi connectivity index (χ0v) is 37.9. The second-order valence-electron chi connectivity index (χ2n) is 20.2. The molecule has 0 saturated carbocycles. The van der Waals surface area contributed by atoms with Crippen molar-refractivity contribution < 1.29 is 8.83 Å². The van der Waals surface area contributed by atoms with Crippen molar-refractivity contribution in [2.75, 3.05) is 4.90 Å². The molecule has 0 bridgehead atoms. The fourth-order valence-corrected chi connectivity index (χ4v) is 12.7. The van der Waals surface area contributed by atoms with Crippen molar-refractivity contribution in [1.82, 2.24) is 4.98 Å². The lowest BCUT2D eigenvalue weighted by atomic mass is 9.72. The van der Waals surface area contributed by atoms with Crippen LogP contribution in [0.3, 0.4) is 0 Å². The molecule has 0 fully saturated rings. The van der Waals surface area contributed by atoms with Gasteiger partial charge in [-0.05, 0) is 133 Å². The largest absolute Gasteiger partial charge is 0.455 e. The fraction of sp³-hybridized carbons (Fsp3) is 0.145. The highest BCUT2D eigenvalue weighted by Crippen LogP contribution is 2.64. The third-order valence-electron chi connectivity index (χ3n) is 15.7. The van der Waals surface area contributed by atoms with E-state index in [9.17, 15) is 0 Å². The molecule has 3 aromatic heterocycles. The van der Waals surface area contributed by atoms with E-state index >= 15 is 0 Å². The molecule has 0 amide bonds.